The number of nitrogens with one attached hydrogen (secondary N) is 3. The summed E-state index contributed by atoms with van der Waals surface area (Å²) in [5.41, 5.74) is 3.51. The molecule has 0 saturated heterocycles. The third kappa shape index (κ3) is 6.04. The van der Waals surface area contributed by atoms with Crippen LogP contribution in [0.15, 0.2) is 106 Å². The lowest BCUT2D eigenvalue weighted by atomic mass is 10.1. The molecule has 8 nitrogen and oxygen atoms in total. The van der Waals surface area contributed by atoms with Crippen LogP contribution in [0.4, 0.5) is 21.9 Å². The van der Waals surface area contributed by atoms with Crippen LogP contribution in [-0.2, 0) is 19.9 Å². The fraction of sp³-hybridized carbons (Fsp3) is 0.107. The van der Waals surface area contributed by atoms with E-state index in [0.717, 1.165) is 5.56 Å². The molecule has 4 aromatic carbocycles. The van der Waals surface area contributed by atoms with E-state index in [0.29, 0.717) is 22.5 Å². The summed E-state index contributed by atoms with van der Waals surface area (Å²) in [6.07, 6.45) is 0. The molecule has 4 aromatic rings. The molecule has 0 aromatic heterocycles. The van der Waals surface area contributed by atoms with Gasteiger partial charge in [0.15, 0.2) is 0 Å². The Balaban J connectivity index is 1.47. The fourth-order valence-electron chi connectivity index (χ4n) is 4.17. The summed E-state index contributed by atoms with van der Waals surface area (Å²) < 4.78 is 54.8. The zero-order valence-electron chi connectivity index (χ0n) is 21.0. The van der Waals surface area contributed by atoms with E-state index in [1.807, 2.05) is 13.0 Å². The maximum absolute atomic E-state index is 13.1. The lowest BCUT2D eigenvalue weighted by Gasteiger charge is -2.14. The molecule has 0 radical (unpaired) electrons. The van der Waals surface area contributed by atoms with Crippen molar-refractivity contribution in [2.24, 2.45) is 0 Å². The van der Waals surface area contributed by atoms with Crippen LogP contribution in [0.5, 0.6) is 0 Å². The lowest BCUT2D eigenvalue weighted by molar-refractivity contribution is 0.262. The van der Waals surface area contributed by atoms with Crippen molar-refractivity contribution >= 4 is 43.0 Å². The maximum atomic E-state index is 13.1. The van der Waals surface area contributed by atoms with Gasteiger partial charge in [-0.05, 0) is 92.6 Å². The second-order valence-corrected chi connectivity index (χ2v) is 12.4. The number of carbonyl (C=O) groups excluding carboxylic acids is 1. The Morgan fingerprint density at radius 3 is 1.55 bits per heavy atom. The minimum atomic E-state index is -3.87. The zero-order valence-corrected chi connectivity index (χ0v) is 22.7. The minimum absolute atomic E-state index is 0.00525. The number of anilines is 3. The fourth-order valence-corrected chi connectivity index (χ4v) is 6.94. The third-order valence-electron chi connectivity index (χ3n) is 5.74. The third-order valence-corrected chi connectivity index (χ3v) is 9.22. The van der Waals surface area contributed by atoms with Gasteiger partial charge >= 0.3 is 6.03 Å². The van der Waals surface area contributed by atoms with Crippen LogP contribution in [-0.4, -0.2) is 22.9 Å². The molecule has 0 aliphatic heterocycles. The molecule has 0 saturated carbocycles. The number of amides is 2. The van der Waals surface area contributed by atoms with Gasteiger partial charge in [0.25, 0.3) is 10.0 Å². The quantitative estimate of drug-likeness (QED) is 0.265. The van der Waals surface area contributed by atoms with Crippen LogP contribution >= 0.6 is 0 Å². The van der Waals surface area contributed by atoms with Gasteiger partial charge in [0.1, 0.15) is 0 Å². The summed E-state index contributed by atoms with van der Waals surface area (Å²) in [7, 11) is -7.73. The SMILES string of the molecule is Cc1cc(C)c(S(=O)(=O)Nc2ccc(S(=O)(=O)c3ccc(NC(=O)Nc4ccccc4)cc3)cc2)c(C)c1. The number of sulfonamides is 1. The number of hydrogen-bond donors (Lipinski definition) is 3. The molecule has 0 heterocycles. The molecule has 0 aliphatic carbocycles. The summed E-state index contributed by atoms with van der Waals surface area (Å²) in [5, 5.41) is 5.34. The largest absolute Gasteiger partial charge is 0.323 e. The van der Waals surface area contributed by atoms with E-state index in [1.165, 1.54) is 48.5 Å². The second kappa shape index (κ2) is 10.7. The number of aryl methyl sites for hydroxylation is 3. The molecular formula is C28H27N3O5S2. The maximum Gasteiger partial charge on any atom is 0.323 e. The molecule has 3 N–H and O–H groups in total. The van der Waals surface area contributed by atoms with E-state index in [-0.39, 0.29) is 20.4 Å². The number of carbonyl (C=O) groups is 1. The van der Waals surface area contributed by atoms with Crippen molar-refractivity contribution in [3.8, 4) is 0 Å². The topological polar surface area (TPSA) is 121 Å². The molecular weight excluding hydrogens is 522 g/mol. The molecule has 0 atom stereocenters. The first-order chi connectivity index (χ1) is 18.0. The number of sulfone groups is 1. The predicted molar refractivity (Wildman–Crippen MR) is 149 cm³/mol. The minimum Gasteiger partial charge on any atom is -0.308 e. The molecule has 0 fully saturated rings. The van der Waals surface area contributed by atoms with Gasteiger partial charge in [-0.1, -0.05) is 35.9 Å². The highest BCUT2D eigenvalue weighted by atomic mass is 32.2. The normalized spacial score (nSPS) is 11.6. The standard InChI is InChI=1S/C28H27N3O5S2/c1-19-17-20(2)27(21(3)18-19)38(35,36)31-24-11-15-26(16-12-24)37(33,34)25-13-9-23(10-14-25)30-28(32)29-22-7-5-4-6-8-22/h4-18,31H,1-3H3,(H2,29,30,32). The summed E-state index contributed by atoms with van der Waals surface area (Å²) in [6.45, 7) is 5.37. The predicted octanol–water partition coefficient (Wildman–Crippen LogP) is 5.89. The van der Waals surface area contributed by atoms with Gasteiger partial charge in [-0.3, -0.25) is 4.72 Å². The summed E-state index contributed by atoms with van der Waals surface area (Å²) >= 11 is 0. The Kier molecular flexibility index (Phi) is 7.56. The molecule has 4 rings (SSSR count). The summed E-state index contributed by atoms with van der Waals surface area (Å²) in [5.74, 6) is 0. The number of benzene rings is 4. The van der Waals surface area contributed by atoms with E-state index >= 15 is 0 Å². The Hall–Kier alpha value is -4.15. The van der Waals surface area contributed by atoms with Gasteiger partial charge in [-0.25, -0.2) is 21.6 Å². The van der Waals surface area contributed by atoms with Crippen molar-refractivity contribution < 1.29 is 21.6 Å². The molecule has 10 heteroatoms. The highest BCUT2D eigenvalue weighted by Gasteiger charge is 2.21. The lowest BCUT2D eigenvalue weighted by Crippen LogP contribution is -2.19. The molecule has 2 amide bonds. The number of para-hydroxylation sites is 1. The van der Waals surface area contributed by atoms with Gasteiger partial charge in [-0.15, -0.1) is 0 Å². The highest BCUT2D eigenvalue weighted by Crippen LogP contribution is 2.27. The van der Waals surface area contributed by atoms with Gasteiger partial charge in [0, 0.05) is 17.1 Å². The molecule has 0 spiro atoms. The van der Waals surface area contributed by atoms with Gasteiger partial charge in [0.05, 0.1) is 14.7 Å². The van der Waals surface area contributed by atoms with Crippen molar-refractivity contribution in [1.82, 2.24) is 0 Å². The first-order valence-electron chi connectivity index (χ1n) is 11.6. The number of hydrogen-bond acceptors (Lipinski definition) is 5. The van der Waals surface area contributed by atoms with E-state index < -0.39 is 25.9 Å². The highest BCUT2D eigenvalue weighted by molar-refractivity contribution is 7.93. The Morgan fingerprint density at radius 2 is 1.05 bits per heavy atom. The van der Waals surface area contributed by atoms with Crippen molar-refractivity contribution in [3.05, 3.63) is 108 Å². The van der Waals surface area contributed by atoms with Crippen LogP contribution in [0.2, 0.25) is 0 Å². The molecule has 0 bridgehead atoms. The van der Waals surface area contributed by atoms with Crippen molar-refractivity contribution in [2.45, 2.75) is 35.5 Å². The van der Waals surface area contributed by atoms with Crippen LogP contribution in [0.25, 0.3) is 0 Å². The second-order valence-electron chi connectivity index (χ2n) is 8.83. The Bertz CT molecular complexity index is 1660. The van der Waals surface area contributed by atoms with Gasteiger partial charge in [-0.2, -0.15) is 0 Å². The van der Waals surface area contributed by atoms with E-state index in [9.17, 15) is 21.6 Å². The van der Waals surface area contributed by atoms with Crippen molar-refractivity contribution in [1.29, 1.82) is 0 Å². The van der Waals surface area contributed by atoms with Crippen LogP contribution in [0.3, 0.4) is 0 Å². The van der Waals surface area contributed by atoms with Gasteiger partial charge in [0.2, 0.25) is 9.84 Å². The molecule has 0 aliphatic rings. The summed E-state index contributed by atoms with van der Waals surface area (Å²) in [6, 6.07) is 23.4. The average Bonchev–Trinajstić information content (AvgIpc) is 2.84. The zero-order chi connectivity index (χ0) is 27.5. The van der Waals surface area contributed by atoms with E-state index in [4.69, 9.17) is 0 Å². The Labute approximate surface area is 222 Å². The van der Waals surface area contributed by atoms with Gasteiger partial charge < -0.3 is 10.6 Å². The average molecular weight is 550 g/mol. The number of urea groups is 1. The molecule has 38 heavy (non-hydrogen) atoms. The van der Waals surface area contributed by atoms with Crippen LogP contribution in [0.1, 0.15) is 16.7 Å². The van der Waals surface area contributed by atoms with Crippen molar-refractivity contribution in [2.75, 3.05) is 15.4 Å². The summed E-state index contributed by atoms with van der Waals surface area (Å²) in [4.78, 5) is 12.4. The molecule has 0 unspecified atom stereocenters. The van der Waals surface area contributed by atoms with Crippen molar-refractivity contribution in [3.63, 3.8) is 0 Å². The Morgan fingerprint density at radius 1 is 0.605 bits per heavy atom. The van der Waals surface area contributed by atoms with Crippen LogP contribution < -0.4 is 15.4 Å². The first kappa shape index (κ1) is 26.9. The first-order valence-corrected chi connectivity index (χ1v) is 14.6. The smallest absolute Gasteiger partial charge is 0.308 e. The van der Waals surface area contributed by atoms with E-state index in [1.54, 1.807) is 50.2 Å². The monoisotopic (exact) mass is 549 g/mol. The molecule has 196 valence electrons. The van der Waals surface area contributed by atoms with Crippen LogP contribution in [0, 0.1) is 20.8 Å². The number of rotatable bonds is 7. The van der Waals surface area contributed by atoms with E-state index in [2.05, 4.69) is 15.4 Å².